The van der Waals surface area contributed by atoms with E-state index >= 15 is 0 Å². The first-order chi connectivity index (χ1) is 8.86. The highest BCUT2D eigenvalue weighted by Crippen LogP contribution is 2.25. The van der Waals surface area contributed by atoms with Gasteiger partial charge in [0.2, 0.25) is 0 Å². The molecule has 0 bridgehead atoms. The molecule has 0 fully saturated rings. The second kappa shape index (κ2) is 4.41. The fourth-order valence-corrected chi connectivity index (χ4v) is 1.87. The molecule has 0 saturated heterocycles. The predicted octanol–water partition coefficient (Wildman–Crippen LogP) is 3.07. The first-order valence-electron chi connectivity index (χ1n) is 5.53. The van der Waals surface area contributed by atoms with Crippen LogP contribution in [0.3, 0.4) is 0 Å². The van der Waals surface area contributed by atoms with E-state index in [2.05, 4.69) is 9.97 Å². The highest BCUT2D eigenvalue weighted by molar-refractivity contribution is 5.66. The molecule has 2 heterocycles. The molecule has 0 unspecified atom stereocenters. The highest BCUT2D eigenvalue weighted by Gasteiger charge is 2.10. The first kappa shape index (κ1) is 10.7. The van der Waals surface area contributed by atoms with Crippen LogP contribution in [0.1, 0.15) is 0 Å². The SMILES string of the molecule is Fc1c(-c2cccnc2)cccc1-n1ccnc1. The maximum absolute atomic E-state index is 14.4. The summed E-state index contributed by atoms with van der Waals surface area (Å²) in [7, 11) is 0. The Labute approximate surface area is 104 Å². The number of hydrogen-bond donors (Lipinski definition) is 0. The number of pyridine rings is 1. The number of nitrogens with zero attached hydrogens (tertiary/aromatic N) is 3. The van der Waals surface area contributed by atoms with Crippen LogP contribution in [-0.4, -0.2) is 14.5 Å². The van der Waals surface area contributed by atoms with Crippen molar-refractivity contribution in [3.05, 3.63) is 67.3 Å². The van der Waals surface area contributed by atoms with Crippen LogP contribution in [0.5, 0.6) is 0 Å². The molecular weight excluding hydrogens is 229 g/mol. The molecule has 0 amide bonds. The fourth-order valence-electron chi connectivity index (χ4n) is 1.87. The summed E-state index contributed by atoms with van der Waals surface area (Å²) < 4.78 is 16.1. The quantitative estimate of drug-likeness (QED) is 0.688. The molecule has 3 nitrogen and oxygen atoms in total. The van der Waals surface area contributed by atoms with Crippen molar-refractivity contribution in [2.75, 3.05) is 0 Å². The van der Waals surface area contributed by atoms with E-state index in [1.807, 2.05) is 12.1 Å². The molecule has 0 aliphatic rings. The monoisotopic (exact) mass is 239 g/mol. The number of rotatable bonds is 2. The number of benzene rings is 1. The van der Waals surface area contributed by atoms with Crippen LogP contribution in [0.15, 0.2) is 61.4 Å². The van der Waals surface area contributed by atoms with Crippen molar-refractivity contribution in [1.29, 1.82) is 0 Å². The molecule has 0 radical (unpaired) electrons. The van der Waals surface area contributed by atoms with Crippen molar-refractivity contribution in [3.8, 4) is 16.8 Å². The largest absolute Gasteiger partial charge is 0.303 e. The van der Waals surface area contributed by atoms with Crippen molar-refractivity contribution in [2.45, 2.75) is 0 Å². The third-order valence-electron chi connectivity index (χ3n) is 2.73. The first-order valence-corrected chi connectivity index (χ1v) is 5.53. The molecule has 0 N–H and O–H groups in total. The topological polar surface area (TPSA) is 30.7 Å². The van der Waals surface area contributed by atoms with Crippen LogP contribution in [0, 0.1) is 5.82 Å². The molecule has 3 rings (SSSR count). The summed E-state index contributed by atoms with van der Waals surface area (Å²) >= 11 is 0. The lowest BCUT2D eigenvalue weighted by molar-refractivity contribution is 0.621. The van der Waals surface area contributed by atoms with Gasteiger partial charge in [0.05, 0.1) is 12.0 Å². The number of aromatic nitrogens is 3. The van der Waals surface area contributed by atoms with Crippen LogP contribution in [0.2, 0.25) is 0 Å². The molecule has 0 atom stereocenters. The standard InChI is InChI=1S/C14H10FN3/c15-14-12(11-3-2-6-16-9-11)4-1-5-13(14)18-8-7-17-10-18/h1-10H. The van der Waals surface area contributed by atoms with E-state index in [4.69, 9.17) is 0 Å². The van der Waals surface area contributed by atoms with Crippen molar-refractivity contribution in [3.63, 3.8) is 0 Å². The molecule has 0 spiro atoms. The summed E-state index contributed by atoms with van der Waals surface area (Å²) in [6.45, 7) is 0. The van der Waals surface area contributed by atoms with Crippen molar-refractivity contribution < 1.29 is 4.39 Å². The zero-order valence-electron chi connectivity index (χ0n) is 9.49. The third-order valence-corrected chi connectivity index (χ3v) is 2.73. The van der Waals surface area contributed by atoms with Gasteiger partial charge in [-0.15, -0.1) is 0 Å². The lowest BCUT2D eigenvalue weighted by Gasteiger charge is -2.08. The van der Waals surface area contributed by atoms with E-state index in [1.165, 1.54) is 0 Å². The average Bonchev–Trinajstić information content (AvgIpc) is 2.94. The zero-order chi connectivity index (χ0) is 12.4. The molecule has 0 aliphatic carbocycles. The number of halogens is 1. The molecule has 2 aromatic heterocycles. The summed E-state index contributed by atoms with van der Waals surface area (Å²) in [6, 6.07) is 8.91. The Bertz CT molecular complexity index is 648. The minimum atomic E-state index is -0.275. The molecule has 18 heavy (non-hydrogen) atoms. The Morgan fingerprint density at radius 2 is 1.94 bits per heavy atom. The third kappa shape index (κ3) is 1.78. The van der Waals surface area contributed by atoms with Gasteiger partial charge in [-0.3, -0.25) is 4.98 Å². The molecular formula is C14H10FN3. The summed E-state index contributed by atoms with van der Waals surface area (Å²) in [6.07, 6.45) is 8.23. The summed E-state index contributed by atoms with van der Waals surface area (Å²) in [4.78, 5) is 7.93. The predicted molar refractivity (Wildman–Crippen MR) is 66.8 cm³/mol. The van der Waals surface area contributed by atoms with Gasteiger partial charge in [0.25, 0.3) is 0 Å². The molecule has 4 heteroatoms. The van der Waals surface area contributed by atoms with Gasteiger partial charge >= 0.3 is 0 Å². The molecule has 88 valence electrons. The van der Waals surface area contributed by atoms with Crippen LogP contribution in [0.25, 0.3) is 16.8 Å². The average molecular weight is 239 g/mol. The zero-order valence-corrected chi connectivity index (χ0v) is 9.49. The van der Waals surface area contributed by atoms with Gasteiger partial charge in [-0.05, 0) is 12.1 Å². The summed E-state index contributed by atoms with van der Waals surface area (Å²) in [5.41, 5.74) is 1.78. The van der Waals surface area contributed by atoms with Crippen molar-refractivity contribution >= 4 is 0 Å². The molecule has 0 saturated carbocycles. The Hall–Kier alpha value is -2.49. The highest BCUT2D eigenvalue weighted by atomic mass is 19.1. The van der Waals surface area contributed by atoms with E-state index in [9.17, 15) is 4.39 Å². The minimum absolute atomic E-state index is 0.275. The van der Waals surface area contributed by atoms with Crippen molar-refractivity contribution in [1.82, 2.24) is 14.5 Å². The van der Waals surface area contributed by atoms with Gasteiger partial charge in [0.1, 0.15) is 0 Å². The Morgan fingerprint density at radius 1 is 1.00 bits per heavy atom. The lowest BCUT2D eigenvalue weighted by atomic mass is 10.1. The second-order valence-electron chi connectivity index (χ2n) is 3.85. The van der Waals surface area contributed by atoms with E-state index in [-0.39, 0.29) is 5.82 Å². The van der Waals surface area contributed by atoms with Gasteiger partial charge in [-0.25, -0.2) is 9.37 Å². The Balaban J connectivity index is 2.16. The van der Waals surface area contributed by atoms with E-state index in [0.717, 1.165) is 5.56 Å². The van der Waals surface area contributed by atoms with Crippen LogP contribution in [0.4, 0.5) is 4.39 Å². The fraction of sp³-hybridized carbons (Fsp3) is 0. The van der Waals surface area contributed by atoms with Gasteiger partial charge in [-0.1, -0.05) is 18.2 Å². The molecule has 0 aliphatic heterocycles. The van der Waals surface area contributed by atoms with Crippen LogP contribution >= 0.6 is 0 Å². The number of imidazole rings is 1. The van der Waals surface area contributed by atoms with Gasteiger partial charge < -0.3 is 4.57 Å². The van der Waals surface area contributed by atoms with E-state index in [1.54, 1.807) is 53.9 Å². The Kier molecular flexibility index (Phi) is 2.61. The minimum Gasteiger partial charge on any atom is -0.303 e. The lowest BCUT2D eigenvalue weighted by Crippen LogP contribution is -1.96. The Morgan fingerprint density at radius 3 is 2.67 bits per heavy atom. The van der Waals surface area contributed by atoms with Crippen LogP contribution < -0.4 is 0 Å². The van der Waals surface area contributed by atoms with Gasteiger partial charge in [-0.2, -0.15) is 0 Å². The van der Waals surface area contributed by atoms with Crippen molar-refractivity contribution in [2.24, 2.45) is 0 Å². The number of hydrogen-bond acceptors (Lipinski definition) is 2. The smallest absolute Gasteiger partial charge is 0.155 e. The maximum atomic E-state index is 14.4. The maximum Gasteiger partial charge on any atom is 0.155 e. The van der Waals surface area contributed by atoms with Gasteiger partial charge in [0, 0.05) is 35.9 Å². The van der Waals surface area contributed by atoms with Crippen LogP contribution in [-0.2, 0) is 0 Å². The van der Waals surface area contributed by atoms with Gasteiger partial charge in [0.15, 0.2) is 5.82 Å². The van der Waals surface area contributed by atoms with E-state index in [0.29, 0.717) is 11.3 Å². The molecule has 3 aromatic rings. The second-order valence-corrected chi connectivity index (χ2v) is 3.85. The van der Waals surface area contributed by atoms with E-state index < -0.39 is 0 Å². The molecule has 1 aromatic carbocycles. The normalized spacial score (nSPS) is 10.5. The summed E-state index contributed by atoms with van der Waals surface area (Å²) in [5, 5.41) is 0. The summed E-state index contributed by atoms with van der Waals surface area (Å²) in [5.74, 6) is -0.275.